The van der Waals surface area contributed by atoms with Crippen molar-refractivity contribution in [1.82, 2.24) is 4.90 Å². The van der Waals surface area contributed by atoms with Crippen LogP contribution in [0.4, 0.5) is 0 Å². The van der Waals surface area contributed by atoms with Gasteiger partial charge in [0.05, 0.1) is 19.4 Å². The maximum absolute atomic E-state index is 13.4. The average molecular weight is 434 g/mol. The highest BCUT2D eigenvalue weighted by Gasteiger charge is 2.49. The van der Waals surface area contributed by atoms with E-state index in [9.17, 15) is 9.90 Å². The number of amides is 1. The molecule has 2 aromatic carbocycles. The first-order valence-corrected chi connectivity index (χ1v) is 11.5. The molecule has 3 aromatic rings. The van der Waals surface area contributed by atoms with E-state index in [-0.39, 0.29) is 5.91 Å². The van der Waals surface area contributed by atoms with Crippen molar-refractivity contribution in [2.75, 3.05) is 6.61 Å². The second-order valence-corrected chi connectivity index (χ2v) is 8.45. The lowest BCUT2D eigenvalue weighted by Crippen LogP contribution is -2.41. The summed E-state index contributed by atoms with van der Waals surface area (Å²) in [5, 5.41) is 10.9. The van der Waals surface area contributed by atoms with Gasteiger partial charge in [-0.25, -0.2) is 0 Å². The SMILES string of the molecule is CCCCCCOc1ccccc1CN(C(=O)c1ccc(-c2ccco2)cc1)C1(O)CC1. The van der Waals surface area contributed by atoms with E-state index in [4.69, 9.17) is 9.15 Å². The molecular formula is C27H31NO4. The van der Waals surface area contributed by atoms with Crippen molar-refractivity contribution in [2.24, 2.45) is 0 Å². The molecule has 1 heterocycles. The second kappa shape index (κ2) is 10.0. The molecule has 1 aliphatic carbocycles. The molecule has 1 amide bonds. The summed E-state index contributed by atoms with van der Waals surface area (Å²) in [4.78, 5) is 15.0. The third kappa shape index (κ3) is 5.22. The lowest BCUT2D eigenvalue weighted by Gasteiger charge is -2.29. The lowest BCUT2D eigenvalue weighted by molar-refractivity contribution is -0.0150. The van der Waals surface area contributed by atoms with Crippen LogP contribution in [0, 0.1) is 0 Å². The van der Waals surface area contributed by atoms with E-state index in [1.165, 1.54) is 12.8 Å². The van der Waals surface area contributed by atoms with Crippen molar-refractivity contribution < 1.29 is 19.1 Å². The lowest BCUT2D eigenvalue weighted by atomic mass is 10.1. The fraction of sp³-hybridized carbons (Fsp3) is 0.370. The van der Waals surface area contributed by atoms with Gasteiger partial charge in [0.2, 0.25) is 0 Å². The van der Waals surface area contributed by atoms with Gasteiger partial charge in [0.15, 0.2) is 0 Å². The van der Waals surface area contributed by atoms with Crippen molar-refractivity contribution in [3.63, 3.8) is 0 Å². The quantitative estimate of drug-likeness (QED) is 0.296. The van der Waals surface area contributed by atoms with Gasteiger partial charge in [0.1, 0.15) is 17.2 Å². The molecule has 1 N–H and O–H groups in total. The molecule has 0 atom stereocenters. The summed E-state index contributed by atoms with van der Waals surface area (Å²) in [7, 11) is 0. The Bertz CT molecular complexity index is 1010. The van der Waals surface area contributed by atoms with Gasteiger partial charge in [0, 0.05) is 16.7 Å². The van der Waals surface area contributed by atoms with E-state index < -0.39 is 5.72 Å². The van der Waals surface area contributed by atoms with Crippen molar-refractivity contribution in [3.05, 3.63) is 78.1 Å². The minimum Gasteiger partial charge on any atom is -0.493 e. The molecule has 0 bridgehead atoms. The molecule has 32 heavy (non-hydrogen) atoms. The Hall–Kier alpha value is -3.05. The smallest absolute Gasteiger partial charge is 0.256 e. The predicted molar refractivity (Wildman–Crippen MR) is 124 cm³/mol. The summed E-state index contributed by atoms with van der Waals surface area (Å²) in [5.74, 6) is 1.35. The summed E-state index contributed by atoms with van der Waals surface area (Å²) in [6.07, 6.45) is 7.36. The number of benzene rings is 2. The highest BCUT2D eigenvalue weighted by atomic mass is 16.5. The van der Waals surface area contributed by atoms with Crippen LogP contribution >= 0.6 is 0 Å². The van der Waals surface area contributed by atoms with E-state index in [0.29, 0.717) is 31.6 Å². The number of ether oxygens (including phenoxy) is 1. The van der Waals surface area contributed by atoms with Gasteiger partial charge >= 0.3 is 0 Å². The Labute approximate surface area is 189 Å². The van der Waals surface area contributed by atoms with Crippen LogP contribution < -0.4 is 4.74 Å². The number of furan rings is 1. The van der Waals surface area contributed by atoms with Crippen molar-refractivity contribution in [2.45, 2.75) is 57.7 Å². The molecule has 0 aliphatic heterocycles. The number of hydrogen-bond acceptors (Lipinski definition) is 4. The van der Waals surface area contributed by atoms with E-state index in [0.717, 1.165) is 35.5 Å². The van der Waals surface area contributed by atoms with E-state index in [1.54, 1.807) is 23.3 Å². The Morgan fingerprint density at radius 2 is 1.81 bits per heavy atom. The average Bonchev–Trinajstić information content (AvgIpc) is 3.33. The zero-order chi connectivity index (χ0) is 22.4. The Kier molecular flexibility index (Phi) is 6.96. The molecule has 0 spiro atoms. The van der Waals surface area contributed by atoms with Crippen LogP contribution in [0.15, 0.2) is 71.3 Å². The first kappa shape index (κ1) is 22.2. The molecule has 1 fully saturated rings. The van der Waals surface area contributed by atoms with E-state index in [1.807, 2.05) is 48.5 Å². The number of nitrogens with zero attached hydrogens (tertiary/aromatic N) is 1. The highest BCUT2D eigenvalue weighted by molar-refractivity contribution is 5.95. The third-order valence-corrected chi connectivity index (χ3v) is 5.94. The molecule has 0 radical (unpaired) electrons. The number of unbranched alkanes of at least 4 members (excludes halogenated alkanes) is 3. The van der Waals surface area contributed by atoms with Crippen LogP contribution in [0.5, 0.6) is 5.75 Å². The molecule has 5 nitrogen and oxygen atoms in total. The van der Waals surface area contributed by atoms with Gasteiger partial charge in [0.25, 0.3) is 5.91 Å². The Morgan fingerprint density at radius 1 is 1.03 bits per heavy atom. The van der Waals surface area contributed by atoms with Gasteiger partial charge in [-0.3, -0.25) is 4.79 Å². The van der Waals surface area contributed by atoms with Crippen LogP contribution in [0.1, 0.15) is 61.4 Å². The van der Waals surface area contributed by atoms with Crippen molar-refractivity contribution in [1.29, 1.82) is 0 Å². The van der Waals surface area contributed by atoms with Gasteiger partial charge in [-0.2, -0.15) is 0 Å². The fourth-order valence-electron chi connectivity index (χ4n) is 3.82. The third-order valence-electron chi connectivity index (χ3n) is 5.94. The van der Waals surface area contributed by atoms with Gasteiger partial charge in [-0.1, -0.05) is 56.5 Å². The normalized spacial score (nSPS) is 14.2. The van der Waals surface area contributed by atoms with Crippen molar-refractivity contribution >= 4 is 5.91 Å². The number of rotatable bonds is 11. The first-order valence-electron chi connectivity index (χ1n) is 11.5. The second-order valence-electron chi connectivity index (χ2n) is 8.45. The maximum Gasteiger partial charge on any atom is 0.256 e. The molecule has 1 aliphatic rings. The van der Waals surface area contributed by atoms with E-state index in [2.05, 4.69) is 6.92 Å². The summed E-state index contributed by atoms with van der Waals surface area (Å²) in [6.45, 7) is 3.15. The molecule has 1 aromatic heterocycles. The van der Waals surface area contributed by atoms with Crippen LogP contribution in [0.3, 0.4) is 0 Å². The van der Waals surface area contributed by atoms with Crippen LogP contribution in [-0.4, -0.2) is 28.2 Å². The van der Waals surface area contributed by atoms with Crippen LogP contribution in [-0.2, 0) is 6.54 Å². The van der Waals surface area contributed by atoms with Crippen molar-refractivity contribution in [3.8, 4) is 17.1 Å². The number of carbonyl (C=O) groups excluding carboxylic acids is 1. The number of hydrogen-bond donors (Lipinski definition) is 1. The Morgan fingerprint density at radius 3 is 2.50 bits per heavy atom. The number of para-hydroxylation sites is 1. The molecule has 1 saturated carbocycles. The minimum absolute atomic E-state index is 0.186. The van der Waals surface area contributed by atoms with Crippen LogP contribution in [0.25, 0.3) is 11.3 Å². The van der Waals surface area contributed by atoms with Gasteiger partial charge in [-0.05, 0) is 49.6 Å². The standard InChI is InChI=1S/C27H31NO4/c1-2-3-4-7-18-31-25-10-6-5-9-23(25)20-28(27(30)16-17-27)26(29)22-14-12-21(13-15-22)24-11-8-19-32-24/h5-6,8-15,19,30H,2-4,7,16-18,20H2,1H3. The first-order chi connectivity index (χ1) is 15.6. The zero-order valence-electron chi connectivity index (χ0n) is 18.6. The van der Waals surface area contributed by atoms with E-state index >= 15 is 0 Å². The fourth-order valence-corrected chi connectivity index (χ4v) is 3.82. The summed E-state index contributed by atoms with van der Waals surface area (Å²) < 4.78 is 11.5. The molecule has 5 heteroatoms. The summed E-state index contributed by atoms with van der Waals surface area (Å²) >= 11 is 0. The Balaban J connectivity index is 1.49. The highest BCUT2D eigenvalue weighted by Crippen LogP contribution is 2.41. The monoisotopic (exact) mass is 433 g/mol. The molecular weight excluding hydrogens is 402 g/mol. The summed E-state index contributed by atoms with van der Waals surface area (Å²) in [6, 6.07) is 18.8. The van der Waals surface area contributed by atoms with Gasteiger partial charge < -0.3 is 19.2 Å². The van der Waals surface area contributed by atoms with Gasteiger partial charge in [-0.15, -0.1) is 0 Å². The predicted octanol–water partition coefficient (Wildman–Crippen LogP) is 6.03. The molecule has 0 unspecified atom stereocenters. The number of carbonyl (C=O) groups is 1. The number of aliphatic hydroxyl groups is 1. The maximum atomic E-state index is 13.4. The largest absolute Gasteiger partial charge is 0.493 e. The summed E-state index contributed by atoms with van der Waals surface area (Å²) in [5.41, 5.74) is 1.26. The zero-order valence-corrected chi connectivity index (χ0v) is 18.6. The molecule has 0 saturated heterocycles. The minimum atomic E-state index is -1.09. The molecule has 4 rings (SSSR count). The topological polar surface area (TPSA) is 62.9 Å². The molecule has 168 valence electrons. The van der Waals surface area contributed by atoms with Crippen LogP contribution in [0.2, 0.25) is 0 Å².